The fourth-order valence-electron chi connectivity index (χ4n) is 3.30. The van der Waals surface area contributed by atoms with E-state index in [9.17, 15) is 18.8 Å². The number of hydrogen-bond acceptors (Lipinski definition) is 6. The van der Waals surface area contributed by atoms with Crippen LogP contribution in [0, 0.1) is 5.82 Å². The van der Waals surface area contributed by atoms with Crippen LogP contribution in [0.25, 0.3) is 16.9 Å². The highest BCUT2D eigenvalue weighted by atomic mass is 19.1. The van der Waals surface area contributed by atoms with Gasteiger partial charge in [-0.3, -0.25) is 9.59 Å². The Kier molecular flexibility index (Phi) is 8.50. The van der Waals surface area contributed by atoms with Crippen LogP contribution in [0.3, 0.4) is 0 Å². The predicted octanol–water partition coefficient (Wildman–Crippen LogP) is 4.53. The van der Waals surface area contributed by atoms with Gasteiger partial charge in [0.15, 0.2) is 5.69 Å². The summed E-state index contributed by atoms with van der Waals surface area (Å²) in [5.74, 6) is -1.61. The lowest BCUT2D eigenvalue weighted by atomic mass is 10.1. The minimum Gasteiger partial charge on any atom is -0.466 e. The van der Waals surface area contributed by atoms with E-state index in [1.165, 1.54) is 16.8 Å². The maximum absolute atomic E-state index is 13.9. The van der Waals surface area contributed by atoms with Crippen molar-refractivity contribution in [1.82, 2.24) is 9.78 Å². The number of carbonyl (C=O) groups is 3. The number of nitrogens with one attached hydrogen (secondary N) is 1. The molecule has 178 valence electrons. The minimum atomic E-state index is -0.593. The molecular formula is C25H26FN3O5. The first-order valence-corrected chi connectivity index (χ1v) is 11.0. The number of amides is 1. The predicted molar refractivity (Wildman–Crippen MR) is 124 cm³/mol. The number of rotatable bonds is 10. The normalized spacial score (nSPS) is 10.6. The van der Waals surface area contributed by atoms with E-state index in [-0.39, 0.29) is 37.0 Å². The van der Waals surface area contributed by atoms with Gasteiger partial charge in [-0.15, -0.1) is 0 Å². The van der Waals surface area contributed by atoms with Gasteiger partial charge in [0.25, 0.3) is 0 Å². The van der Waals surface area contributed by atoms with Gasteiger partial charge in [-0.2, -0.15) is 5.10 Å². The summed E-state index contributed by atoms with van der Waals surface area (Å²) in [5.41, 5.74) is 2.21. The number of anilines is 1. The third-order valence-electron chi connectivity index (χ3n) is 4.78. The summed E-state index contributed by atoms with van der Waals surface area (Å²) in [5, 5.41) is 7.13. The number of esters is 2. The number of hydrogen-bond donors (Lipinski definition) is 1. The van der Waals surface area contributed by atoms with Gasteiger partial charge in [-0.05, 0) is 56.7 Å². The monoisotopic (exact) mass is 467 g/mol. The maximum Gasteiger partial charge on any atom is 0.358 e. The summed E-state index contributed by atoms with van der Waals surface area (Å²) in [4.78, 5) is 36.0. The molecule has 0 aliphatic carbocycles. The van der Waals surface area contributed by atoms with E-state index in [0.29, 0.717) is 35.7 Å². The van der Waals surface area contributed by atoms with Crippen molar-refractivity contribution >= 4 is 23.5 Å². The van der Waals surface area contributed by atoms with Crippen LogP contribution in [0.2, 0.25) is 0 Å². The topological polar surface area (TPSA) is 99.5 Å². The van der Waals surface area contributed by atoms with Crippen molar-refractivity contribution < 1.29 is 28.2 Å². The number of aromatic nitrogens is 2. The van der Waals surface area contributed by atoms with Gasteiger partial charge in [0.1, 0.15) is 5.82 Å². The minimum absolute atomic E-state index is 0.0783. The second kappa shape index (κ2) is 11.7. The highest BCUT2D eigenvalue weighted by Gasteiger charge is 2.18. The molecule has 0 radical (unpaired) electrons. The van der Waals surface area contributed by atoms with Gasteiger partial charge >= 0.3 is 11.9 Å². The number of nitrogens with zero attached hydrogens (tertiary/aromatic N) is 2. The first-order valence-electron chi connectivity index (χ1n) is 11.0. The average molecular weight is 467 g/mol. The largest absolute Gasteiger partial charge is 0.466 e. The molecule has 0 unspecified atom stereocenters. The summed E-state index contributed by atoms with van der Waals surface area (Å²) >= 11 is 0. The lowest BCUT2D eigenvalue weighted by Gasteiger charge is -2.10. The molecule has 0 atom stereocenters. The third kappa shape index (κ3) is 6.50. The molecule has 0 fully saturated rings. The van der Waals surface area contributed by atoms with Crippen molar-refractivity contribution in [1.29, 1.82) is 0 Å². The Morgan fingerprint density at radius 2 is 1.74 bits per heavy atom. The van der Waals surface area contributed by atoms with E-state index in [0.717, 1.165) is 0 Å². The fraction of sp³-hybridized carbons (Fsp3) is 0.280. The third-order valence-corrected chi connectivity index (χ3v) is 4.78. The lowest BCUT2D eigenvalue weighted by molar-refractivity contribution is -0.143. The van der Waals surface area contributed by atoms with Gasteiger partial charge < -0.3 is 14.8 Å². The van der Waals surface area contributed by atoms with Crippen molar-refractivity contribution in [2.75, 3.05) is 18.5 Å². The molecule has 0 aliphatic heterocycles. The highest BCUT2D eigenvalue weighted by Crippen LogP contribution is 2.27. The number of ether oxygens (including phenoxy) is 2. The molecule has 1 aromatic heterocycles. The molecule has 0 saturated carbocycles. The van der Waals surface area contributed by atoms with E-state index >= 15 is 0 Å². The van der Waals surface area contributed by atoms with Crippen molar-refractivity contribution in [3.05, 3.63) is 66.1 Å². The van der Waals surface area contributed by atoms with E-state index in [1.54, 1.807) is 56.3 Å². The van der Waals surface area contributed by atoms with Crippen LogP contribution in [0.1, 0.15) is 43.6 Å². The van der Waals surface area contributed by atoms with Gasteiger partial charge in [0.2, 0.25) is 5.91 Å². The Hall–Kier alpha value is -4.01. The smallest absolute Gasteiger partial charge is 0.358 e. The molecule has 0 saturated heterocycles. The lowest BCUT2D eigenvalue weighted by Crippen LogP contribution is -2.12. The summed E-state index contributed by atoms with van der Waals surface area (Å²) in [6.07, 6.45) is 0.710. The molecule has 1 heterocycles. The van der Waals surface area contributed by atoms with Crippen molar-refractivity contribution in [3.63, 3.8) is 0 Å². The molecule has 3 aromatic rings. The maximum atomic E-state index is 13.9. The number of benzene rings is 2. The summed E-state index contributed by atoms with van der Waals surface area (Å²) in [6, 6.07) is 14.4. The molecular weight excluding hydrogens is 441 g/mol. The van der Waals surface area contributed by atoms with Crippen LogP contribution in [0.15, 0.2) is 54.6 Å². The van der Waals surface area contributed by atoms with Crippen LogP contribution < -0.4 is 5.32 Å². The second-order valence-corrected chi connectivity index (χ2v) is 7.31. The Balaban J connectivity index is 1.84. The number of halogens is 1. The van der Waals surface area contributed by atoms with E-state index in [1.807, 2.05) is 0 Å². The quantitative estimate of drug-likeness (QED) is 0.440. The summed E-state index contributed by atoms with van der Waals surface area (Å²) in [6.45, 7) is 3.93. The van der Waals surface area contributed by atoms with E-state index < -0.39 is 11.8 Å². The molecule has 0 spiro atoms. The fourth-order valence-corrected chi connectivity index (χ4v) is 3.30. The zero-order chi connectivity index (χ0) is 24.5. The molecule has 9 heteroatoms. The summed E-state index contributed by atoms with van der Waals surface area (Å²) in [7, 11) is 0. The average Bonchev–Trinajstić information content (AvgIpc) is 3.25. The molecule has 0 bridgehead atoms. The molecule has 1 amide bonds. The Labute approximate surface area is 196 Å². The SMILES string of the molecule is CCOC(=O)CCCC(=O)Nc1cccc(-c2cc(C(=O)OCC)nn2-c2cccc(F)c2)c1. The highest BCUT2D eigenvalue weighted by molar-refractivity contribution is 5.92. The van der Waals surface area contributed by atoms with Gasteiger partial charge in [-0.1, -0.05) is 18.2 Å². The van der Waals surface area contributed by atoms with Crippen molar-refractivity contribution in [2.45, 2.75) is 33.1 Å². The second-order valence-electron chi connectivity index (χ2n) is 7.31. The first-order chi connectivity index (χ1) is 16.4. The Morgan fingerprint density at radius 1 is 0.971 bits per heavy atom. The zero-order valence-corrected chi connectivity index (χ0v) is 19.0. The van der Waals surface area contributed by atoms with E-state index in [2.05, 4.69) is 10.4 Å². The van der Waals surface area contributed by atoms with Gasteiger partial charge in [0.05, 0.1) is 24.6 Å². The van der Waals surface area contributed by atoms with Crippen LogP contribution in [-0.4, -0.2) is 40.8 Å². The van der Waals surface area contributed by atoms with Crippen LogP contribution in [0.5, 0.6) is 0 Å². The molecule has 8 nitrogen and oxygen atoms in total. The van der Waals surface area contributed by atoms with Gasteiger partial charge in [0, 0.05) is 24.1 Å². The van der Waals surface area contributed by atoms with Crippen LogP contribution in [-0.2, 0) is 19.1 Å². The first kappa shape index (κ1) is 24.6. The molecule has 0 aliphatic rings. The Morgan fingerprint density at radius 3 is 2.47 bits per heavy atom. The van der Waals surface area contributed by atoms with Crippen LogP contribution >= 0.6 is 0 Å². The standard InChI is InChI=1S/C25H26FN3O5/c1-3-33-24(31)13-7-12-23(30)27-19-10-5-8-17(14-19)22-16-21(25(32)34-4-2)28-29(22)20-11-6-9-18(26)15-20/h5-6,8-11,14-16H,3-4,7,12-13H2,1-2H3,(H,27,30). The van der Waals surface area contributed by atoms with Crippen LogP contribution in [0.4, 0.5) is 10.1 Å². The molecule has 34 heavy (non-hydrogen) atoms. The van der Waals surface area contributed by atoms with Crippen molar-refractivity contribution in [3.8, 4) is 16.9 Å². The summed E-state index contributed by atoms with van der Waals surface area (Å²) < 4.78 is 25.2. The molecule has 2 aromatic carbocycles. The van der Waals surface area contributed by atoms with Gasteiger partial charge in [-0.25, -0.2) is 13.9 Å². The number of carbonyl (C=O) groups excluding carboxylic acids is 3. The Bertz CT molecular complexity index is 1170. The molecule has 1 N–H and O–H groups in total. The zero-order valence-electron chi connectivity index (χ0n) is 19.0. The van der Waals surface area contributed by atoms with E-state index in [4.69, 9.17) is 9.47 Å². The van der Waals surface area contributed by atoms with Crippen molar-refractivity contribution in [2.24, 2.45) is 0 Å². The molecule has 3 rings (SSSR count).